The molecule has 0 aliphatic heterocycles. The van der Waals surface area contributed by atoms with Crippen LogP contribution in [0.15, 0.2) is 58.7 Å². The summed E-state index contributed by atoms with van der Waals surface area (Å²) in [6, 6.07) is 15.4. The first kappa shape index (κ1) is 20.0. The highest BCUT2D eigenvalue weighted by molar-refractivity contribution is 6.00. The van der Waals surface area contributed by atoms with Crippen molar-refractivity contribution in [3.63, 3.8) is 0 Å². The largest absolute Gasteiger partial charge is 0.272 e. The molecular weight excluding hydrogens is 340 g/mol. The summed E-state index contributed by atoms with van der Waals surface area (Å²) < 4.78 is 0. The molecule has 0 aromatic heterocycles. The van der Waals surface area contributed by atoms with Crippen LogP contribution in [0.2, 0.25) is 0 Å². The average Bonchev–Trinajstić information content (AvgIpc) is 2.65. The molecule has 0 heterocycles. The Bertz CT molecular complexity index is 789. The van der Waals surface area contributed by atoms with Crippen LogP contribution < -0.4 is 10.9 Å². The van der Waals surface area contributed by atoms with Gasteiger partial charge in [0.1, 0.15) is 5.92 Å². The number of rotatable bonds is 7. The van der Waals surface area contributed by atoms with Crippen LogP contribution in [0.4, 0.5) is 0 Å². The fourth-order valence-corrected chi connectivity index (χ4v) is 2.44. The van der Waals surface area contributed by atoms with E-state index in [1.807, 2.05) is 62.4 Å². The number of nitrogens with zero attached hydrogens (tertiary/aromatic N) is 2. The minimum atomic E-state index is -0.868. The number of hydrogen-bond donors (Lipinski definition) is 2. The van der Waals surface area contributed by atoms with E-state index in [0.29, 0.717) is 6.42 Å². The molecule has 0 saturated carbocycles. The van der Waals surface area contributed by atoms with E-state index < -0.39 is 17.7 Å². The third-order valence-electron chi connectivity index (χ3n) is 4.17. The lowest BCUT2D eigenvalue weighted by Crippen LogP contribution is -2.37. The van der Waals surface area contributed by atoms with E-state index in [0.717, 1.165) is 22.3 Å². The van der Waals surface area contributed by atoms with Gasteiger partial charge in [0.15, 0.2) is 0 Å². The molecule has 2 amide bonds. The van der Waals surface area contributed by atoms with Gasteiger partial charge in [-0.3, -0.25) is 9.59 Å². The molecule has 2 aromatic carbocycles. The van der Waals surface area contributed by atoms with Crippen molar-refractivity contribution in [3.8, 4) is 0 Å². The summed E-state index contributed by atoms with van der Waals surface area (Å²) in [5.74, 6) is -1.80. The van der Waals surface area contributed by atoms with Crippen LogP contribution in [0, 0.1) is 19.8 Å². The lowest BCUT2D eigenvalue weighted by Gasteiger charge is -2.11. The van der Waals surface area contributed by atoms with Crippen LogP contribution >= 0.6 is 0 Å². The summed E-state index contributed by atoms with van der Waals surface area (Å²) in [6.07, 6.45) is 3.47. The van der Waals surface area contributed by atoms with Gasteiger partial charge < -0.3 is 0 Å². The fourth-order valence-electron chi connectivity index (χ4n) is 2.44. The molecule has 2 rings (SSSR count). The SMILES string of the molecule is CCC(C(=O)N/N=C/c1ccccc1C)C(=O)N/N=C/c1ccccc1C. The van der Waals surface area contributed by atoms with Crippen molar-refractivity contribution >= 4 is 24.2 Å². The highest BCUT2D eigenvalue weighted by atomic mass is 16.2. The van der Waals surface area contributed by atoms with Gasteiger partial charge in [-0.15, -0.1) is 0 Å². The minimum absolute atomic E-state index is 0.345. The molecule has 27 heavy (non-hydrogen) atoms. The maximum absolute atomic E-state index is 12.2. The molecule has 0 aliphatic rings. The number of aryl methyl sites for hydroxylation is 2. The maximum Gasteiger partial charge on any atom is 0.252 e. The van der Waals surface area contributed by atoms with Gasteiger partial charge >= 0.3 is 0 Å². The van der Waals surface area contributed by atoms with Gasteiger partial charge in [-0.2, -0.15) is 10.2 Å². The summed E-state index contributed by atoms with van der Waals surface area (Å²) in [5, 5.41) is 7.90. The van der Waals surface area contributed by atoms with Crippen LogP contribution in [-0.4, -0.2) is 24.2 Å². The number of benzene rings is 2. The van der Waals surface area contributed by atoms with Crippen molar-refractivity contribution in [2.75, 3.05) is 0 Å². The van der Waals surface area contributed by atoms with Crippen molar-refractivity contribution < 1.29 is 9.59 Å². The van der Waals surface area contributed by atoms with Crippen LogP contribution in [0.1, 0.15) is 35.6 Å². The number of hydrogen-bond acceptors (Lipinski definition) is 4. The monoisotopic (exact) mass is 364 g/mol. The first-order valence-electron chi connectivity index (χ1n) is 8.80. The average molecular weight is 364 g/mol. The second kappa shape index (κ2) is 10.0. The highest BCUT2D eigenvalue weighted by Gasteiger charge is 2.24. The Morgan fingerprint density at radius 3 is 1.63 bits per heavy atom. The number of hydrazone groups is 2. The molecule has 0 fully saturated rings. The highest BCUT2D eigenvalue weighted by Crippen LogP contribution is 2.06. The molecule has 2 aromatic rings. The Hall–Kier alpha value is -3.28. The number of amides is 2. The van der Waals surface area contributed by atoms with Gasteiger partial charge in [-0.1, -0.05) is 55.5 Å². The van der Waals surface area contributed by atoms with E-state index in [-0.39, 0.29) is 0 Å². The fraction of sp³-hybridized carbons (Fsp3) is 0.238. The van der Waals surface area contributed by atoms with Crippen molar-refractivity contribution in [2.24, 2.45) is 16.1 Å². The predicted octanol–water partition coefficient (Wildman–Crippen LogP) is 2.93. The number of nitrogens with one attached hydrogen (secondary N) is 2. The van der Waals surface area contributed by atoms with Crippen molar-refractivity contribution in [1.82, 2.24) is 10.9 Å². The molecule has 0 radical (unpaired) electrons. The molecule has 140 valence electrons. The minimum Gasteiger partial charge on any atom is -0.272 e. The Balaban J connectivity index is 1.92. The predicted molar refractivity (Wildman–Crippen MR) is 108 cm³/mol. The zero-order chi connectivity index (χ0) is 19.6. The van der Waals surface area contributed by atoms with Crippen molar-refractivity contribution in [3.05, 3.63) is 70.8 Å². The van der Waals surface area contributed by atoms with E-state index in [1.54, 1.807) is 19.4 Å². The van der Waals surface area contributed by atoms with Crippen LogP contribution in [0.25, 0.3) is 0 Å². The lowest BCUT2D eigenvalue weighted by atomic mass is 10.1. The number of carbonyl (C=O) groups excluding carboxylic acids is 2. The molecule has 6 heteroatoms. The van der Waals surface area contributed by atoms with Crippen LogP contribution in [0.5, 0.6) is 0 Å². The Morgan fingerprint density at radius 1 is 0.852 bits per heavy atom. The molecular formula is C21H24N4O2. The first-order valence-corrected chi connectivity index (χ1v) is 8.80. The van der Waals surface area contributed by atoms with E-state index in [2.05, 4.69) is 21.1 Å². The third-order valence-corrected chi connectivity index (χ3v) is 4.17. The Kier molecular flexibility index (Phi) is 7.43. The van der Waals surface area contributed by atoms with E-state index in [4.69, 9.17) is 0 Å². The normalized spacial score (nSPS) is 11.3. The summed E-state index contributed by atoms with van der Waals surface area (Å²) >= 11 is 0. The van der Waals surface area contributed by atoms with Gasteiger partial charge in [0.25, 0.3) is 11.8 Å². The van der Waals surface area contributed by atoms with Gasteiger partial charge in [0.2, 0.25) is 0 Å². The van der Waals surface area contributed by atoms with Gasteiger partial charge in [0.05, 0.1) is 12.4 Å². The summed E-state index contributed by atoms with van der Waals surface area (Å²) in [7, 11) is 0. The lowest BCUT2D eigenvalue weighted by molar-refractivity contribution is -0.135. The molecule has 0 atom stereocenters. The first-order chi connectivity index (χ1) is 13.0. The standard InChI is InChI=1S/C21H24N4O2/c1-4-19(20(26)24-22-13-17-11-7-5-9-15(17)2)21(27)25-23-14-18-12-8-6-10-16(18)3/h5-14,19H,4H2,1-3H3,(H,24,26)(H,25,27)/b22-13+,23-14+. The molecule has 0 saturated heterocycles. The molecule has 0 spiro atoms. The van der Waals surface area contributed by atoms with E-state index >= 15 is 0 Å². The van der Waals surface area contributed by atoms with E-state index in [1.165, 1.54) is 0 Å². The van der Waals surface area contributed by atoms with Gasteiger partial charge in [-0.25, -0.2) is 10.9 Å². The van der Waals surface area contributed by atoms with Crippen LogP contribution in [-0.2, 0) is 9.59 Å². The topological polar surface area (TPSA) is 82.9 Å². The summed E-state index contributed by atoms with van der Waals surface area (Å²) in [6.45, 7) is 5.68. The van der Waals surface area contributed by atoms with Crippen molar-refractivity contribution in [2.45, 2.75) is 27.2 Å². The second-order valence-corrected chi connectivity index (χ2v) is 6.14. The zero-order valence-corrected chi connectivity index (χ0v) is 15.8. The molecule has 0 bridgehead atoms. The zero-order valence-electron chi connectivity index (χ0n) is 15.8. The van der Waals surface area contributed by atoms with Crippen molar-refractivity contribution in [1.29, 1.82) is 0 Å². The Labute approximate surface area is 159 Å². The van der Waals surface area contributed by atoms with Gasteiger partial charge in [0, 0.05) is 0 Å². The quantitative estimate of drug-likeness (QED) is 0.450. The maximum atomic E-state index is 12.2. The molecule has 0 unspecified atom stereocenters. The Morgan fingerprint density at radius 2 is 1.26 bits per heavy atom. The number of carbonyl (C=O) groups is 2. The smallest absolute Gasteiger partial charge is 0.252 e. The molecule has 6 nitrogen and oxygen atoms in total. The van der Waals surface area contributed by atoms with Crippen LogP contribution in [0.3, 0.4) is 0 Å². The molecule has 2 N–H and O–H groups in total. The second-order valence-electron chi connectivity index (χ2n) is 6.14. The molecule has 0 aliphatic carbocycles. The van der Waals surface area contributed by atoms with E-state index in [9.17, 15) is 9.59 Å². The third kappa shape index (κ3) is 5.88. The summed E-state index contributed by atoms with van der Waals surface area (Å²) in [4.78, 5) is 24.5. The summed E-state index contributed by atoms with van der Waals surface area (Å²) in [5.41, 5.74) is 8.75. The van der Waals surface area contributed by atoms with Gasteiger partial charge in [-0.05, 0) is 42.5 Å².